The van der Waals surface area contributed by atoms with Crippen LogP contribution in [-0.2, 0) is 0 Å². The highest BCUT2D eigenvalue weighted by Crippen LogP contribution is 2.12. The molecule has 0 aliphatic rings. The van der Waals surface area contributed by atoms with Gasteiger partial charge in [-0.15, -0.1) is 11.3 Å². The molecule has 2 rings (SSSR count). The van der Waals surface area contributed by atoms with E-state index in [9.17, 15) is 4.79 Å². The third-order valence-corrected chi connectivity index (χ3v) is 2.62. The van der Waals surface area contributed by atoms with Gasteiger partial charge in [0.15, 0.2) is 5.13 Å². The van der Waals surface area contributed by atoms with Crippen molar-refractivity contribution >= 4 is 28.2 Å². The number of rotatable bonds is 2. The van der Waals surface area contributed by atoms with E-state index in [1.807, 2.05) is 36.6 Å². The van der Waals surface area contributed by atoms with Crippen molar-refractivity contribution in [3.8, 4) is 0 Å². The van der Waals surface area contributed by atoms with Gasteiger partial charge in [-0.05, 0) is 24.6 Å². The van der Waals surface area contributed by atoms with Crippen molar-refractivity contribution in [2.24, 2.45) is 0 Å². The van der Waals surface area contributed by atoms with Crippen molar-refractivity contribution < 1.29 is 4.79 Å². The highest BCUT2D eigenvalue weighted by Gasteiger charge is 2.03. The van der Waals surface area contributed by atoms with E-state index >= 15 is 0 Å². The molecule has 0 atom stereocenters. The Balaban J connectivity index is 1.97. The summed E-state index contributed by atoms with van der Waals surface area (Å²) in [5.41, 5.74) is 1.88. The van der Waals surface area contributed by atoms with Gasteiger partial charge in [0.2, 0.25) is 0 Å². The molecule has 1 heterocycles. The quantitative estimate of drug-likeness (QED) is 0.837. The van der Waals surface area contributed by atoms with E-state index in [4.69, 9.17) is 0 Å². The topological polar surface area (TPSA) is 54.0 Å². The second kappa shape index (κ2) is 4.76. The third-order valence-electron chi connectivity index (χ3n) is 1.93. The Bertz CT molecular complexity index is 482. The molecule has 2 N–H and O–H groups in total. The molecule has 0 aliphatic heterocycles. The van der Waals surface area contributed by atoms with Crippen molar-refractivity contribution in [1.82, 2.24) is 4.98 Å². The lowest BCUT2D eigenvalue weighted by atomic mass is 10.2. The van der Waals surface area contributed by atoms with Crippen LogP contribution in [0.5, 0.6) is 0 Å². The van der Waals surface area contributed by atoms with Crippen molar-refractivity contribution in [2.75, 3.05) is 10.6 Å². The van der Waals surface area contributed by atoms with Gasteiger partial charge >= 0.3 is 6.03 Å². The first-order valence-electron chi connectivity index (χ1n) is 4.78. The number of carbonyl (C=O) groups is 1. The van der Waals surface area contributed by atoms with Crippen LogP contribution in [-0.4, -0.2) is 11.0 Å². The van der Waals surface area contributed by atoms with Gasteiger partial charge in [-0.2, -0.15) is 0 Å². The average molecular weight is 233 g/mol. The minimum Gasteiger partial charge on any atom is -0.308 e. The summed E-state index contributed by atoms with van der Waals surface area (Å²) in [7, 11) is 0. The van der Waals surface area contributed by atoms with Gasteiger partial charge in [0, 0.05) is 17.3 Å². The van der Waals surface area contributed by atoms with E-state index < -0.39 is 0 Å². The number of carbonyl (C=O) groups excluding carboxylic acids is 1. The van der Waals surface area contributed by atoms with Gasteiger partial charge in [0.1, 0.15) is 0 Å². The predicted octanol–water partition coefficient (Wildman–Crippen LogP) is 3.10. The summed E-state index contributed by atoms with van der Waals surface area (Å²) in [4.78, 5) is 15.5. The Labute approximate surface area is 97.3 Å². The Morgan fingerprint density at radius 1 is 1.38 bits per heavy atom. The molecule has 2 amide bonds. The van der Waals surface area contributed by atoms with Crippen LogP contribution in [0.25, 0.3) is 0 Å². The molecule has 0 spiro atoms. The number of benzene rings is 1. The highest BCUT2D eigenvalue weighted by atomic mass is 32.1. The van der Waals surface area contributed by atoms with E-state index in [1.165, 1.54) is 11.3 Å². The molecule has 0 radical (unpaired) electrons. The normalized spacial score (nSPS) is 9.81. The Hall–Kier alpha value is -1.88. The van der Waals surface area contributed by atoms with Gasteiger partial charge in [-0.25, -0.2) is 9.78 Å². The van der Waals surface area contributed by atoms with Crippen LogP contribution in [0, 0.1) is 6.92 Å². The van der Waals surface area contributed by atoms with Crippen LogP contribution < -0.4 is 10.6 Å². The maximum atomic E-state index is 11.5. The van der Waals surface area contributed by atoms with Crippen molar-refractivity contribution in [3.63, 3.8) is 0 Å². The molecular weight excluding hydrogens is 222 g/mol. The second-order valence-corrected chi connectivity index (χ2v) is 4.18. The van der Waals surface area contributed by atoms with Crippen LogP contribution in [0.4, 0.5) is 15.6 Å². The number of anilines is 2. The molecule has 16 heavy (non-hydrogen) atoms. The number of urea groups is 1. The first-order valence-corrected chi connectivity index (χ1v) is 5.66. The molecule has 2 aromatic rings. The molecule has 1 aromatic carbocycles. The molecule has 4 nitrogen and oxygen atoms in total. The number of thiazole rings is 1. The maximum Gasteiger partial charge on any atom is 0.325 e. The van der Waals surface area contributed by atoms with Gasteiger partial charge in [-0.3, -0.25) is 5.32 Å². The standard InChI is InChI=1S/C11H11N3OS/c1-8-3-2-4-9(7-8)13-10(15)14-11-12-5-6-16-11/h2-7H,1H3,(H2,12,13,14,15). The highest BCUT2D eigenvalue weighted by molar-refractivity contribution is 7.13. The molecule has 5 heteroatoms. The Morgan fingerprint density at radius 3 is 2.94 bits per heavy atom. The maximum absolute atomic E-state index is 11.5. The van der Waals surface area contributed by atoms with Gasteiger partial charge in [0.05, 0.1) is 0 Å². The number of aryl methyl sites for hydroxylation is 1. The van der Waals surface area contributed by atoms with E-state index in [0.29, 0.717) is 5.13 Å². The first kappa shape index (κ1) is 10.6. The van der Waals surface area contributed by atoms with E-state index in [1.54, 1.807) is 6.20 Å². The molecule has 1 aromatic heterocycles. The van der Waals surface area contributed by atoms with Crippen LogP contribution in [0.3, 0.4) is 0 Å². The first-order chi connectivity index (χ1) is 7.74. The fraction of sp³-hybridized carbons (Fsp3) is 0.0909. The average Bonchev–Trinajstić information content (AvgIpc) is 2.70. The summed E-state index contributed by atoms with van der Waals surface area (Å²) in [6.45, 7) is 1.98. The fourth-order valence-electron chi connectivity index (χ4n) is 1.27. The summed E-state index contributed by atoms with van der Waals surface area (Å²) in [6, 6.07) is 7.34. The van der Waals surface area contributed by atoms with Gasteiger partial charge in [0.25, 0.3) is 0 Å². The molecule has 0 aliphatic carbocycles. The predicted molar refractivity (Wildman–Crippen MR) is 65.9 cm³/mol. The monoisotopic (exact) mass is 233 g/mol. The lowest BCUT2D eigenvalue weighted by molar-refractivity contribution is 0.262. The summed E-state index contributed by atoms with van der Waals surface area (Å²) in [5.74, 6) is 0. The van der Waals surface area contributed by atoms with Crippen molar-refractivity contribution in [3.05, 3.63) is 41.4 Å². The van der Waals surface area contributed by atoms with E-state index in [2.05, 4.69) is 15.6 Å². The molecular formula is C11H11N3OS. The second-order valence-electron chi connectivity index (χ2n) is 3.29. The van der Waals surface area contributed by atoms with Crippen LogP contribution in [0.15, 0.2) is 35.8 Å². The number of hydrogen-bond acceptors (Lipinski definition) is 3. The molecule has 0 bridgehead atoms. The lowest BCUT2D eigenvalue weighted by Crippen LogP contribution is -2.19. The minimum atomic E-state index is -0.277. The lowest BCUT2D eigenvalue weighted by Gasteiger charge is -2.05. The molecule has 0 saturated heterocycles. The summed E-state index contributed by atoms with van der Waals surface area (Å²) in [6.07, 6.45) is 1.65. The van der Waals surface area contributed by atoms with Crippen LogP contribution in [0.2, 0.25) is 0 Å². The number of nitrogens with zero attached hydrogens (tertiary/aromatic N) is 1. The number of aromatic nitrogens is 1. The zero-order chi connectivity index (χ0) is 11.4. The zero-order valence-electron chi connectivity index (χ0n) is 8.73. The van der Waals surface area contributed by atoms with Crippen LogP contribution >= 0.6 is 11.3 Å². The largest absolute Gasteiger partial charge is 0.325 e. The smallest absolute Gasteiger partial charge is 0.308 e. The van der Waals surface area contributed by atoms with Gasteiger partial charge < -0.3 is 5.32 Å². The van der Waals surface area contributed by atoms with Crippen molar-refractivity contribution in [1.29, 1.82) is 0 Å². The number of amides is 2. The number of nitrogens with one attached hydrogen (secondary N) is 2. The Kier molecular flexibility index (Phi) is 3.16. The van der Waals surface area contributed by atoms with Crippen molar-refractivity contribution in [2.45, 2.75) is 6.92 Å². The molecule has 0 fully saturated rings. The van der Waals surface area contributed by atoms with Crippen LogP contribution in [0.1, 0.15) is 5.56 Å². The summed E-state index contributed by atoms with van der Waals surface area (Å²) in [5, 5.41) is 7.78. The minimum absolute atomic E-state index is 0.277. The SMILES string of the molecule is Cc1cccc(NC(=O)Nc2nccs2)c1. The third kappa shape index (κ3) is 2.80. The summed E-state index contributed by atoms with van der Waals surface area (Å²) >= 11 is 1.38. The zero-order valence-corrected chi connectivity index (χ0v) is 9.54. The molecule has 0 saturated carbocycles. The van der Waals surface area contributed by atoms with E-state index in [-0.39, 0.29) is 6.03 Å². The molecule has 0 unspecified atom stereocenters. The van der Waals surface area contributed by atoms with E-state index in [0.717, 1.165) is 11.3 Å². The fourth-order valence-corrected chi connectivity index (χ4v) is 1.79. The number of hydrogen-bond donors (Lipinski definition) is 2. The molecule has 82 valence electrons. The Morgan fingerprint density at radius 2 is 2.25 bits per heavy atom. The summed E-state index contributed by atoms with van der Waals surface area (Å²) < 4.78 is 0. The van der Waals surface area contributed by atoms with Gasteiger partial charge in [-0.1, -0.05) is 12.1 Å².